The van der Waals surface area contributed by atoms with Crippen LogP contribution < -0.4 is 0 Å². The van der Waals surface area contributed by atoms with Crippen molar-refractivity contribution >= 4 is 11.4 Å². The van der Waals surface area contributed by atoms with Gasteiger partial charge in [0.25, 0.3) is 0 Å². The minimum Gasteiger partial charge on any atom is -0.300 e. The molecule has 0 spiro atoms. The third-order valence-corrected chi connectivity index (χ3v) is 2.16. The van der Waals surface area contributed by atoms with Crippen LogP contribution in [0.25, 0.3) is 5.57 Å². The first-order chi connectivity index (χ1) is 6.74. The molecule has 0 heterocycles. The van der Waals surface area contributed by atoms with E-state index >= 15 is 0 Å². The van der Waals surface area contributed by atoms with Gasteiger partial charge in [0.1, 0.15) is 5.78 Å². The lowest BCUT2D eigenvalue weighted by molar-refractivity contribution is -0.116. The van der Waals surface area contributed by atoms with Gasteiger partial charge in [-0.1, -0.05) is 43.3 Å². The summed E-state index contributed by atoms with van der Waals surface area (Å²) in [5.74, 6) is 0.215. The molecule has 1 aromatic rings. The van der Waals surface area contributed by atoms with Gasteiger partial charge in [-0.2, -0.15) is 0 Å². The van der Waals surface area contributed by atoms with E-state index in [0.29, 0.717) is 6.42 Å². The number of benzene rings is 1. The summed E-state index contributed by atoms with van der Waals surface area (Å²) in [6, 6.07) is 10.2. The van der Waals surface area contributed by atoms with Gasteiger partial charge in [-0.3, -0.25) is 4.79 Å². The highest BCUT2D eigenvalue weighted by atomic mass is 16.1. The number of hydrogen-bond donors (Lipinski definition) is 0. The van der Waals surface area contributed by atoms with Gasteiger partial charge in [-0.05, 0) is 24.5 Å². The van der Waals surface area contributed by atoms with Crippen molar-refractivity contribution < 1.29 is 4.79 Å². The highest BCUT2D eigenvalue weighted by molar-refractivity contribution is 5.79. The van der Waals surface area contributed by atoms with E-state index in [1.165, 1.54) is 11.1 Å². The molecule has 0 radical (unpaired) electrons. The van der Waals surface area contributed by atoms with E-state index in [2.05, 4.69) is 19.1 Å². The molecular formula is C13H16O. The van der Waals surface area contributed by atoms with Crippen LogP contribution in [-0.2, 0) is 4.79 Å². The second-order valence-corrected chi connectivity index (χ2v) is 3.36. The molecule has 0 N–H and O–H groups in total. The fourth-order valence-corrected chi connectivity index (χ4v) is 1.39. The van der Waals surface area contributed by atoms with Crippen LogP contribution >= 0.6 is 0 Å². The smallest absolute Gasteiger partial charge is 0.133 e. The predicted molar refractivity (Wildman–Crippen MR) is 60.0 cm³/mol. The molecule has 0 saturated carbocycles. The molecule has 0 atom stereocenters. The maximum Gasteiger partial charge on any atom is 0.133 e. The first kappa shape index (κ1) is 10.7. The number of hydrogen-bond acceptors (Lipinski definition) is 1. The van der Waals surface area contributed by atoms with E-state index in [0.717, 1.165) is 6.42 Å². The van der Waals surface area contributed by atoms with Gasteiger partial charge in [-0.15, -0.1) is 0 Å². The number of ketones is 1. The zero-order chi connectivity index (χ0) is 10.4. The lowest BCUT2D eigenvalue weighted by atomic mass is 10.0. The topological polar surface area (TPSA) is 17.1 Å². The van der Waals surface area contributed by atoms with Crippen molar-refractivity contribution in [2.75, 3.05) is 0 Å². The van der Waals surface area contributed by atoms with Crippen molar-refractivity contribution in [3.05, 3.63) is 42.0 Å². The fourth-order valence-electron chi connectivity index (χ4n) is 1.39. The van der Waals surface area contributed by atoms with E-state index in [-0.39, 0.29) is 5.78 Å². The maximum atomic E-state index is 10.9. The summed E-state index contributed by atoms with van der Waals surface area (Å²) in [5.41, 5.74) is 2.47. The van der Waals surface area contributed by atoms with Gasteiger partial charge in [0.15, 0.2) is 0 Å². The molecule has 0 aliphatic carbocycles. The molecule has 0 unspecified atom stereocenters. The Morgan fingerprint density at radius 3 is 2.43 bits per heavy atom. The lowest BCUT2D eigenvalue weighted by Gasteiger charge is -2.03. The van der Waals surface area contributed by atoms with Crippen molar-refractivity contribution in [2.45, 2.75) is 26.7 Å². The van der Waals surface area contributed by atoms with Crippen molar-refractivity contribution in [3.63, 3.8) is 0 Å². The highest BCUT2D eigenvalue weighted by Crippen LogP contribution is 2.17. The molecule has 0 aliphatic heterocycles. The molecule has 1 heteroatoms. The largest absolute Gasteiger partial charge is 0.300 e. The Labute approximate surface area is 85.5 Å². The molecule has 14 heavy (non-hydrogen) atoms. The third kappa shape index (κ3) is 3.17. The molecule has 0 aliphatic rings. The number of allylic oxidation sites excluding steroid dienone is 2. The summed E-state index contributed by atoms with van der Waals surface area (Å²) in [5, 5.41) is 0. The van der Waals surface area contributed by atoms with Gasteiger partial charge < -0.3 is 0 Å². The molecule has 0 aromatic heterocycles. The number of carbonyl (C=O) groups is 1. The summed E-state index contributed by atoms with van der Waals surface area (Å²) >= 11 is 0. The minimum absolute atomic E-state index is 0.215. The molecule has 0 fully saturated rings. The van der Waals surface area contributed by atoms with Crippen LogP contribution in [0.5, 0.6) is 0 Å². The molecule has 1 aromatic carbocycles. The third-order valence-electron chi connectivity index (χ3n) is 2.16. The first-order valence-electron chi connectivity index (χ1n) is 4.98. The average molecular weight is 188 g/mol. The van der Waals surface area contributed by atoms with E-state index in [1.807, 2.05) is 24.3 Å². The van der Waals surface area contributed by atoms with E-state index in [9.17, 15) is 4.79 Å². The Bertz CT molecular complexity index is 322. The summed E-state index contributed by atoms with van der Waals surface area (Å²) in [6.07, 6.45) is 3.53. The summed E-state index contributed by atoms with van der Waals surface area (Å²) in [7, 11) is 0. The second-order valence-electron chi connectivity index (χ2n) is 3.36. The number of Topliss-reactive ketones (excluding diaryl/α,β-unsaturated/α-hetero) is 1. The molecule has 0 saturated heterocycles. The van der Waals surface area contributed by atoms with Gasteiger partial charge in [0.05, 0.1) is 0 Å². The second kappa shape index (κ2) is 5.38. The molecule has 0 amide bonds. The van der Waals surface area contributed by atoms with Crippen LogP contribution in [0, 0.1) is 0 Å². The highest BCUT2D eigenvalue weighted by Gasteiger charge is 1.98. The predicted octanol–water partition coefficient (Wildman–Crippen LogP) is 3.46. The van der Waals surface area contributed by atoms with Gasteiger partial charge in [0, 0.05) is 6.42 Å². The van der Waals surface area contributed by atoms with E-state index in [4.69, 9.17) is 0 Å². The maximum absolute atomic E-state index is 10.9. The van der Waals surface area contributed by atoms with Crippen LogP contribution in [0.3, 0.4) is 0 Å². The minimum atomic E-state index is 0.215. The van der Waals surface area contributed by atoms with Crippen molar-refractivity contribution in [1.29, 1.82) is 0 Å². The molecule has 1 rings (SSSR count). The van der Waals surface area contributed by atoms with Crippen LogP contribution in [0.2, 0.25) is 0 Å². The Kier molecular flexibility index (Phi) is 4.11. The normalized spacial score (nSPS) is 11.4. The molecule has 74 valence electrons. The monoisotopic (exact) mass is 188 g/mol. The van der Waals surface area contributed by atoms with Crippen LogP contribution in [0.15, 0.2) is 36.4 Å². The zero-order valence-electron chi connectivity index (χ0n) is 8.79. The van der Waals surface area contributed by atoms with Crippen LogP contribution in [0.1, 0.15) is 32.3 Å². The van der Waals surface area contributed by atoms with Crippen molar-refractivity contribution in [2.24, 2.45) is 0 Å². The Morgan fingerprint density at radius 2 is 1.93 bits per heavy atom. The van der Waals surface area contributed by atoms with Crippen molar-refractivity contribution in [1.82, 2.24) is 0 Å². The lowest BCUT2D eigenvalue weighted by Crippen LogP contribution is -1.88. The van der Waals surface area contributed by atoms with Crippen LogP contribution in [-0.4, -0.2) is 5.78 Å². The van der Waals surface area contributed by atoms with Crippen LogP contribution in [0.4, 0.5) is 0 Å². The Balaban J connectivity index is 2.82. The average Bonchev–Trinajstić information content (AvgIpc) is 2.20. The Morgan fingerprint density at radius 1 is 1.29 bits per heavy atom. The standard InChI is InChI=1S/C13H16O/c1-3-12(10-9-11(2)14)13-7-5-4-6-8-13/h4-8,10H,3,9H2,1-2H3/b12-10+. The van der Waals surface area contributed by atoms with Crippen molar-refractivity contribution in [3.8, 4) is 0 Å². The van der Waals surface area contributed by atoms with Gasteiger partial charge >= 0.3 is 0 Å². The molecular weight excluding hydrogens is 172 g/mol. The van der Waals surface area contributed by atoms with E-state index < -0.39 is 0 Å². The molecule has 0 bridgehead atoms. The summed E-state index contributed by atoms with van der Waals surface area (Å²) in [6.45, 7) is 3.73. The zero-order valence-corrected chi connectivity index (χ0v) is 8.79. The quantitative estimate of drug-likeness (QED) is 0.707. The summed E-state index contributed by atoms with van der Waals surface area (Å²) in [4.78, 5) is 10.9. The fraction of sp³-hybridized carbons (Fsp3) is 0.308. The molecule has 1 nitrogen and oxygen atoms in total. The Hall–Kier alpha value is -1.37. The summed E-state index contributed by atoms with van der Waals surface area (Å²) < 4.78 is 0. The number of rotatable bonds is 4. The first-order valence-corrected chi connectivity index (χ1v) is 4.98. The van der Waals surface area contributed by atoms with Gasteiger partial charge in [0.2, 0.25) is 0 Å². The number of carbonyl (C=O) groups excluding carboxylic acids is 1. The van der Waals surface area contributed by atoms with E-state index in [1.54, 1.807) is 6.92 Å². The van der Waals surface area contributed by atoms with Gasteiger partial charge in [-0.25, -0.2) is 0 Å². The SMILES string of the molecule is CC/C(=C\CC(C)=O)c1ccccc1.